The molecule has 0 aliphatic carbocycles. The van der Waals surface area contributed by atoms with E-state index in [4.69, 9.17) is 31.5 Å². The van der Waals surface area contributed by atoms with Crippen LogP contribution in [0.15, 0.2) is 36.5 Å². The smallest absolute Gasteiger partial charge is 0.417 e. The first-order valence-electron chi connectivity index (χ1n) is 7.88. The van der Waals surface area contributed by atoms with E-state index in [0.29, 0.717) is 43.0 Å². The fourth-order valence-corrected chi connectivity index (χ4v) is 2.23. The zero-order valence-electron chi connectivity index (χ0n) is 14.4. The van der Waals surface area contributed by atoms with Crippen LogP contribution < -0.4 is 15.2 Å². The van der Waals surface area contributed by atoms with E-state index in [1.165, 1.54) is 0 Å². The molecule has 27 heavy (non-hydrogen) atoms. The van der Waals surface area contributed by atoms with E-state index in [1.54, 1.807) is 37.5 Å². The molecule has 0 fully saturated rings. The number of pyridine rings is 1. The second kappa shape index (κ2) is 9.59. The molecule has 9 heteroatoms. The fraction of sp³-hybridized carbons (Fsp3) is 0.278. The summed E-state index contributed by atoms with van der Waals surface area (Å²) in [6.45, 7) is 1.04. The van der Waals surface area contributed by atoms with Gasteiger partial charge in [0.15, 0.2) is 0 Å². The van der Waals surface area contributed by atoms with Gasteiger partial charge < -0.3 is 19.9 Å². The number of hydrogen-bond acceptors (Lipinski definition) is 5. The molecular formula is C18H18ClF3N2O3. The number of methoxy groups -OCH3 is 1. The van der Waals surface area contributed by atoms with Gasteiger partial charge in [-0.25, -0.2) is 4.98 Å². The monoisotopic (exact) mass is 402 g/mol. The summed E-state index contributed by atoms with van der Waals surface area (Å²) in [5, 5.41) is -0.260. The predicted octanol–water partition coefficient (Wildman–Crippen LogP) is 4.54. The molecule has 0 amide bonds. The molecule has 0 spiro atoms. The van der Waals surface area contributed by atoms with Crippen LogP contribution in [0, 0.1) is 0 Å². The standard InChI is InChI=1S/C18H18ClF3N2O3/c1-25-7-8-26-14-5-4-12(3-2-6-23)16(10-14)27-17-15(19)9-13(11-24-17)18(20,21)22/h2-5,9-11H,6-8,23H2,1H3/b3-2+. The van der Waals surface area contributed by atoms with Gasteiger partial charge >= 0.3 is 6.18 Å². The molecule has 5 nitrogen and oxygen atoms in total. The summed E-state index contributed by atoms with van der Waals surface area (Å²) in [5.41, 5.74) is 5.14. The lowest BCUT2D eigenvalue weighted by Gasteiger charge is -2.13. The Balaban J connectivity index is 2.31. The molecule has 0 saturated heterocycles. The maximum absolute atomic E-state index is 12.7. The van der Waals surface area contributed by atoms with E-state index >= 15 is 0 Å². The minimum atomic E-state index is -4.54. The molecule has 0 saturated carbocycles. The molecule has 0 aliphatic rings. The molecular weight excluding hydrogens is 385 g/mol. The summed E-state index contributed by atoms with van der Waals surface area (Å²) < 4.78 is 54.3. The zero-order chi connectivity index (χ0) is 19.9. The molecule has 1 aromatic carbocycles. The first-order chi connectivity index (χ1) is 12.8. The number of hydrogen-bond donors (Lipinski definition) is 1. The van der Waals surface area contributed by atoms with Crippen LogP contribution in [-0.2, 0) is 10.9 Å². The van der Waals surface area contributed by atoms with E-state index in [1.807, 2.05) is 0 Å². The van der Waals surface area contributed by atoms with Crippen molar-refractivity contribution in [2.45, 2.75) is 6.18 Å². The van der Waals surface area contributed by atoms with Crippen molar-refractivity contribution in [2.24, 2.45) is 5.73 Å². The third-order valence-electron chi connectivity index (χ3n) is 3.32. The van der Waals surface area contributed by atoms with Crippen molar-refractivity contribution in [3.8, 4) is 17.4 Å². The van der Waals surface area contributed by atoms with Crippen LogP contribution in [0.25, 0.3) is 6.08 Å². The van der Waals surface area contributed by atoms with Crippen LogP contribution in [0.3, 0.4) is 0 Å². The molecule has 2 aromatic rings. The van der Waals surface area contributed by atoms with Crippen LogP contribution >= 0.6 is 11.6 Å². The fourth-order valence-electron chi connectivity index (χ4n) is 2.03. The van der Waals surface area contributed by atoms with Crippen LogP contribution in [0.5, 0.6) is 17.4 Å². The van der Waals surface area contributed by atoms with E-state index in [-0.39, 0.29) is 10.9 Å². The van der Waals surface area contributed by atoms with Crippen molar-refractivity contribution in [3.63, 3.8) is 0 Å². The lowest BCUT2D eigenvalue weighted by molar-refractivity contribution is -0.137. The van der Waals surface area contributed by atoms with E-state index in [0.717, 1.165) is 6.07 Å². The van der Waals surface area contributed by atoms with Gasteiger partial charge in [-0.3, -0.25) is 0 Å². The van der Waals surface area contributed by atoms with Gasteiger partial charge in [0.1, 0.15) is 23.1 Å². The average Bonchev–Trinajstić information content (AvgIpc) is 2.62. The molecule has 0 aliphatic heterocycles. The number of alkyl halides is 3. The Hall–Kier alpha value is -2.29. The van der Waals surface area contributed by atoms with Crippen LogP contribution in [-0.4, -0.2) is 31.9 Å². The largest absolute Gasteiger partial charge is 0.491 e. The molecule has 2 N–H and O–H groups in total. The minimum absolute atomic E-state index is 0.152. The first-order valence-corrected chi connectivity index (χ1v) is 8.26. The lowest BCUT2D eigenvalue weighted by Crippen LogP contribution is -2.06. The highest BCUT2D eigenvalue weighted by molar-refractivity contribution is 6.31. The molecule has 0 bridgehead atoms. The Morgan fingerprint density at radius 3 is 2.63 bits per heavy atom. The SMILES string of the molecule is COCCOc1ccc(/C=C/CN)c(Oc2ncc(C(F)(F)F)cc2Cl)c1. The third-order valence-corrected chi connectivity index (χ3v) is 3.59. The number of halogens is 4. The van der Waals surface area contributed by atoms with Crippen molar-refractivity contribution < 1.29 is 27.4 Å². The van der Waals surface area contributed by atoms with Gasteiger partial charge in [-0.05, 0) is 18.2 Å². The molecule has 1 heterocycles. The van der Waals surface area contributed by atoms with Crippen LogP contribution in [0.1, 0.15) is 11.1 Å². The minimum Gasteiger partial charge on any atom is -0.491 e. The molecule has 0 atom stereocenters. The number of ether oxygens (including phenoxy) is 3. The number of benzene rings is 1. The average molecular weight is 403 g/mol. The second-order valence-corrected chi connectivity index (χ2v) is 5.70. The molecule has 0 unspecified atom stereocenters. The maximum Gasteiger partial charge on any atom is 0.417 e. The number of aromatic nitrogens is 1. The predicted molar refractivity (Wildman–Crippen MR) is 96.2 cm³/mol. The Labute approximate surface area is 159 Å². The Bertz CT molecular complexity index is 798. The molecule has 1 aromatic heterocycles. The van der Waals surface area contributed by atoms with E-state index in [9.17, 15) is 13.2 Å². The highest BCUT2D eigenvalue weighted by atomic mass is 35.5. The second-order valence-electron chi connectivity index (χ2n) is 5.29. The summed E-state index contributed by atoms with van der Waals surface area (Å²) in [4.78, 5) is 3.68. The highest BCUT2D eigenvalue weighted by Crippen LogP contribution is 2.36. The summed E-state index contributed by atoms with van der Waals surface area (Å²) in [6.07, 6.45) is -0.462. The number of nitrogens with zero attached hydrogens (tertiary/aromatic N) is 1. The summed E-state index contributed by atoms with van der Waals surface area (Å²) in [6, 6.07) is 5.79. The van der Waals surface area contributed by atoms with Gasteiger partial charge in [-0.2, -0.15) is 13.2 Å². The lowest BCUT2D eigenvalue weighted by atomic mass is 10.1. The van der Waals surface area contributed by atoms with Crippen molar-refractivity contribution in [1.29, 1.82) is 0 Å². The third kappa shape index (κ3) is 6.13. The quantitative estimate of drug-likeness (QED) is 0.656. The molecule has 146 valence electrons. The Morgan fingerprint density at radius 2 is 2.00 bits per heavy atom. The van der Waals surface area contributed by atoms with Crippen molar-refractivity contribution in [3.05, 3.63) is 52.7 Å². The Kier molecular flexibility index (Phi) is 7.46. The maximum atomic E-state index is 12.7. The first kappa shape index (κ1) is 21.0. The number of rotatable bonds is 8. The number of nitrogens with two attached hydrogens (primary N) is 1. The van der Waals surface area contributed by atoms with Gasteiger partial charge in [0.2, 0.25) is 5.88 Å². The van der Waals surface area contributed by atoms with Crippen molar-refractivity contribution in [2.75, 3.05) is 26.9 Å². The van der Waals surface area contributed by atoms with Crippen LogP contribution in [0.4, 0.5) is 13.2 Å². The van der Waals surface area contributed by atoms with Crippen LogP contribution in [0.2, 0.25) is 5.02 Å². The van der Waals surface area contributed by atoms with Gasteiger partial charge in [-0.15, -0.1) is 0 Å². The van der Waals surface area contributed by atoms with Gasteiger partial charge in [0, 0.05) is 31.5 Å². The van der Waals surface area contributed by atoms with Gasteiger partial charge in [0.25, 0.3) is 0 Å². The normalized spacial score (nSPS) is 11.8. The van der Waals surface area contributed by atoms with E-state index < -0.39 is 11.7 Å². The summed E-state index contributed by atoms with van der Waals surface area (Å²) in [7, 11) is 1.55. The van der Waals surface area contributed by atoms with Crippen molar-refractivity contribution in [1.82, 2.24) is 4.98 Å². The zero-order valence-corrected chi connectivity index (χ0v) is 15.2. The topological polar surface area (TPSA) is 66.6 Å². The molecule has 2 rings (SSSR count). The molecule has 0 radical (unpaired) electrons. The Morgan fingerprint density at radius 1 is 1.22 bits per heavy atom. The van der Waals surface area contributed by atoms with E-state index in [2.05, 4.69) is 4.98 Å². The highest BCUT2D eigenvalue weighted by Gasteiger charge is 2.31. The van der Waals surface area contributed by atoms with Gasteiger partial charge in [0.05, 0.1) is 12.2 Å². The summed E-state index contributed by atoms with van der Waals surface area (Å²) >= 11 is 5.91. The van der Waals surface area contributed by atoms with Crippen molar-refractivity contribution >= 4 is 17.7 Å². The summed E-state index contributed by atoms with van der Waals surface area (Å²) in [5.74, 6) is 0.653. The van der Waals surface area contributed by atoms with Gasteiger partial charge in [-0.1, -0.05) is 23.8 Å².